The van der Waals surface area contributed by atoms with Crippen LogP contribution in [0.3, 0.4) is 0 Å². The molecule has 0 aliphatic carbocycles. The van der Waals surface area contributed by atoms with Gasteiger partial charge in [-0.15, -0.1) is 10.2 Å². The molecule has 0 radical (unpaired) electrons. The molecule has 0 fully saturated rings. The van der Waals surface area contributed by atoms with Gasteiger partial charge in [0.1, 0.15) is 11.4 Å². The monoisotopic (exact) mass is 433 g/mol. The third kappa shape index (κ3) is 5.33. The zero-order chi connectivity index (χ0) is 23.1. The van der Waals surface area contributed by atoms with Crippen LogP contribution in [0.25, 0.3) is 22.5 Å². The summed E-state index contributed by atoms with van der Waals surface area (Å²) < 4.78 is 6.72. The van der Waals surface area contributed by atoms with Gasteiger partial charge in [-0.25, -0.2) is 0 Å². The maximum absolute atomic E-state index is 9.23. The second-order valence-electron chi connectivity index (χ2n) is 8.56. The molecule has 0 saturated carbocycles. The Kier molecular flexibility index (Phi) is 8.34. The number of ether oxygens (including phenoxy) is 1. The van der Waals surface area contributed by atoms with Crippen molar-refractivity contribution in [2.45, 2.75) is 72.8 Å². The van der Waals surface area contributed by atoms with E-state index in [9.17, 15) is 5.11 Å². The van der Waals surface area contributed by atoms with Crippen molar-refractivity contribution < 1.29 is 9.84 Å². The van der Waals surface area contributed by atoms with Gasteiger partial charge in [-0.1, -0.05) is 49.7 Å². The van der Waals surface area contributed by atoms with E-state index in [1.54, 1.807) is 0 Å². The highest BCUT2D eigenvalue weighted by molar-refractivity contribution is 5.80. The lowest BCUT2D eigenvalue weighted by atomic mass is 9.96. The van der Waals surface area contributed by atoms with Crippen LogP contribution in [0.15, 0.2) is 36.4 Å². The van der Waals surface area contributed by atoms with E-state index < -0.39 is 0 Å². The van der Waals surface area contributed by atoms with Crippen molar-refractivity contribution in [1.82, 2.24) is 15.4 Å². The molecule has 5 heteroatoms. The van der Waals surface area contributed by atoms with Gasteiger partial charge in [-0.3, -0.25) is 0 Å². The van der Waals surface area contributed by atoms with Crippen LogP contribution in [-0.2, 0) is 0 Å². The van der Waals surface area contributed by atoms with E-state index in [2.05, 4.69) is 74.3 Å². The predicted molar refractivity (Wildman–Crippen MR) is 130 cm³/mol. The summed E-state index contributed by atoms with van der Waals surface area (Å²) in [6, 6.07) is 12.5. The minimum atomic E-state index is 0.0327. The smallest absolute Gasteiger partial charge is 0.176 e. The standard InChI is InChI=1S/C27H35N3O2/c1-6-11-22(14-7-8-17-31)32-27-25(23-15-9-12-18(2)20(23)4)28-30-29-26(27)24-16-10-13-19(3)21(24)5/h9-10,12-13,15-16,22,31H,6-8,11,14,17H2,1-5H3. The first-order chi connectivity index (χ1) is 15.5. The summed E-state index contributed by atoms with van der Waals surface area (Å²) in [4.78, 5) is 0. The number of hydrogen-bond donors (Lipinski definition) is 1. The Morgan fingerprint density at radius 1 is 0.812 bits per heavy atom. The summed E-state index contributed by atoms with van der Waals surface area (Å²) in [7, 11) is 0. The molecule has 0 spiro atoms. The average Bonchev–Trinajstić information content (AvgIpc) is 2.78. The van der Waals surface area contributed by atoms with Crippen molar-refractivity contribution in [3.8, 4) is 28.3 Å². The van der Waals surface area contributed by atoms with E-state index in [-0.39, 0.29) is 12.7 Å². The van der Waals surface area contributed by atoms with Crippen molar-refractivity contribution in [2.75, 3.05) is 6.61 Å². The van der Waals surface area contributed by atoms with E-state index in [1.807, 2.05) is 12.1 Å². The third-order valence-electron chi connectivity index (χ3n) is 6.27. The minimum Gasteiger partial charge on any atom is -0.486 e. The minimum absolute atomic E-state index is 0.0327. The maximum Gasteiger partial charge on any atom is 0.176 e. The summed E-state index contributed by atoms with van der Waals surface area (Å²) in [5.74, 6) is 0.699. The van der Waals surface area contributed by atoms with Crippen molar-refractivity contribution in [3.63, 3.8) is 0 Å². The number of benzene rings is 2. The SMILES string of the molecule is CCCC(CCCCO)Oc1c(-c2cccc(C)c2C)nnnc1-c1cccc(C)c1C. The Morgan fingerprint density at radius 2 is 1.38 bits per heavy atom. The topological polar surface area (TPSA) is 68.1 Å². The predicted octanol–water partition coefficient (Wildman–Crippen LogP) is 6.15. The van der Waals surface area contributed by atoms with Crippen molar-refractivity contribution in [3.05, 3.63) is 58.7 Å². The highest BCUT2D eigenvalue weighted by Gasteiger charge is 2.23. The fraction of sp³-hybridized carbons (Fsp3) is 0.444. The molecule has 3 rings (SSSR count). The lowest BCUT2D eigenvalue weighted by Gasteiger charge is -2.23. The lowest BCUT2D eigenvalue weighted by Crippen LogP contribution is -2.18. The summed E-state index contributed by atoms with van der Waals surface area (Å²) >= 11 is 0. The molecule has 2 aromatic carbocycles. The van der Waals surface area contributed by atoms with E-state index in [0.29, 0.717) is 5.75 Å². The number of nitrogens with zero attached hydrogens (tertiary/aromatic N) is 3. The third-order valence-corrected chi connectivity index (χ3v) is 6.27. The van der Waals surface area contributed by atoms with Gasteiger partial charge in [0.15, 0.2) is 5.75 Å². The van der Waals surface area contributed by atoms with Crippen LogP contribution in [0.5, 0.6) is 5.75 Å². The number of hydrogen-bond acceptors (Lipinski definition) is 5. The molecule has 0 aliphatic rings. The lowest BCUT2D eigenvalue weighted by molar-refractivity contribution is 0.171. The number of aliphatic hydroxyl groups is 1. The molecule has 5 nitrogen and oxygen atoms in total. The number of unbranched alkanes of at least 4 members (excludes halogenated alkanes) is 1. The molecule has 1 unspecified atom stereocenters. The highest BCUT2D eigenvalue weighted by Crippen LogP contribution is 2.40. The van der Waals surface area contributed by atoms with E-state index in [1.165, 1.54) is 11.1 Å². The summed E-state index contributed by atoms with van der Waals surface area (Å²) in [6.45, 7) is 10.8. The van der Waals surface area contributed by atoms with Gasteiger partial charge in [0, 0.05) is 17.7 Å². The normalized spacial score (nSPS) is 12.1. The number of aromatic nitrogens is 3. The first kappa shape index (κ1) is 23.9. The molecular weight excluding hydrogens is 398 g/mol. The Hall–Kier alpha value is -2.79. The Labute approximate surface area is 191 Å². The second-order valence-corrected chi connectivity index (χ2v) is 8.56. The highest BCUT2D eigenvalue weighted by atomic mass is 16.5. The first-order valence-corrected chi connectivity index (χ1v) is 11.6. The van der Waals surface area contributed by atoms with Crippen molar-refractivity contribution >= 4 is 0 Å². The van der Waals surface area contributed by atoms with Gasteiger partial charge in [0.25, 0.3) is 0 Å². The summed E-state index contributed by atoms with van der Waals surface area (Å²) in [5, 5.41) is 22.3. The molecule has 32 heavy (non-hydrogen) atoms. The fourth-order valence-electron chi connectivity index (χ4n) is 4.03. The summed E-state index contributed by atoms with van der Waals surface area (Å²) in [6.07, 6.45) is 4.58. The van der Waals surface area contributed by atoms with Crippen LogP contribution < -0.4 is 4.74 Å². The molecule has 1 N–H and O–H groups in total. The molecule has 1 aromatic heterocycles. The zero-order valence-corrected chi connectivity index (χ0v) is 20.0. The molecule has 170 valence electrons. The van der Waals surface area contributed by atoms with Crippen LogP contribution in [-0.4, -0.2) is 33.2 Å². The number of aliphatic hydroxyl groups excluding tert-OH is 1. The van der Waals surface area contributed by atoms with E-state index in [4.69, 9.17) is 4.74 Å². The van der Waals surface area contributed by atoms with Crippen molar-refractivity contribution in [2.24, 2.45) is 0 Å². The van der Waals surface area contributed by atoms with Gasteiger partial charge in [0.2, 0.25) is 0 Å². The molecule has 3 aromatic rings. The Bertz CT molecular complexity index is 979. The molecule has 0 aliphatic heterocycles. The molecule has 1 atom stereocenters. The zero-order valence-electron chi connectivity index (χ0n) is 20.0. The van der Waals surface area contributed by atoms with Crippen LogP contribution in [0.2, 0.25) is 0 Å². The van der Waals surface area contributed by atoms with E-state index >= 15 is 0 Å². The number of aryl methyl sites for hydroxylation is 2. The van der Waals surface area contributed by atoms with Crippen LogP contribution in [0, 0.1) is 27.7 Å². The average molecular weight is 434 g/mol. The van der Waals surface area contributed by atoms with E-state index in [0.717, 1.165) is 65.7 Å². The fourth-order valence-corrected chi connectivity index (χ4v) is 4.03. The van der Waals surface area contributed by atoms with Gasteiger partial charge in [-0.05, 0) is 80.8 Å². The Balaban J connectivity index is 2.17. The summed E-state index contributed by atoms with van der Waals surface area (Å²) in [5.41, 5.74) is 8.25. The molecule has 0 amide bonds. The van der Waals surface area contributed by atoms with Gasteiger partial charge in [0.05, 0.1) is 6.10 Å². The number of rotatable bonds is 10. The van der Waals surface area contributed by atoms with Crippen LogP contribution in [0.1, 0.15) is 61.3 Å². The first-order valence-electron chi connectivity index (χ1n) is 11.6. The van der Waals surface area contributed by atoms with Crippen LogP contribution >= 0.6 is 0 Å². The maximum atomic E-state index is 9.23. The largest absolute Gasteiger partial charge is 0.486 e. The quantitative estimate of drug-likeness (QED) is 0.388. The Morgan fingerprint density at radius 3 is 1.88 bits per heavy atom. The van der Waals surface area contributed by atoms with Gasteiger partial charge in [-0.2, -0.15) is 0 Å². The molecule has 1 heterocycles. The molecule has 0 bridgehead atoms. The van der Waals surface area contributed by atoms with Gasteiger partial charge < -0.3 is 9.84 Å². The van der Waals surface area contributed by atoms with Crippen molar-refractivity contribution in [1.29, 1.82) is 0 Å². The van der Waals surface area contributed by atoms with Gasteiger partial charge >= 0.3 is 0 Å². The molecule has 0 saturated heterocycles. The molecular formula is C27H35N3O2. The second kappa shape index (κ2) is 11.2. The van der Waals surface area contributed by atoms with Crippen LogP contribution in [0.4, 0.5) is 0 Å².